The summed E-state index contributed by atoms with van der Waals surface area (Å²) in [6.45, 7) is 32.6. The van der Waals surface area contributed by atoms with Crippen LogP contribution in [0.5, 0.6) is 0 Å². The van der Waals surface area contributed by atoms with Crippen molar-refractivity contribution >= 4 is 73.9 Å². The van der Waals surface area contributed by atoms with E-state index in [2.05, 4.69) is 89.6 Å². The third kappa shape index (κ3) is 11.7. The molecule has 0 aromatic rings. The van der Waals surface area contributed by atoms with Gasteiger partial charge in [0.2, 0.25) is 0 Å². The third-order valence-electron chi connectivity index (χ3n) is 6.68. The average Bonchev–Trinajstić information content (AvgIpc) is 2.37. The monoisotopic (exact) mass is 478 g/mol. The summed E-state index contributed by atoms with van der Waals surface area (Å²) in [4.78, 5) is 0. The van der Waals surface area contributed by atoms with Crippen molar-refractivity contribution in [3.05, 3.63) is 6.55 Å². The van der Waals surface area contributed by atoms with Gasteiger partial charge >= 0.3 is 46.1 Å². The number of halogens is 2. The van der Waals surface area contributed by atoms with Crippen molar-refractivity contribution in [1.29, 1.82) is 0 Å². The molecule has 27 heavy (non-hydrogen) atoms. The van der Waals surface area contributed by atoms with Gasteiger partial charge in [0.1, 0.15) is 0 Å². The zero-order chi connectivity index (χ0) is 19.2. The SMILES string of the molecule is C.CC(C)[Si](CCl)(C(C)C)C(C)C.[CH2-][Si](C(C)C)(C(C)C)C(C)C.[Cl-].[H-].[H-].[Mg+2].[Mg+2]. The van der Waals surface area contributed by atoms with Gasteiger partial charge < -0.3 is 21.8 Å². The topological polar surface area (TPSA) is 0 Å². The van der Waals surface area contributed by atoms with Crippen molar-refractivity contribution in [1.82, 2.24) is 0 Å². The molecule has 0 fully saturated rings. The smallest absolute Gasteiger partial charge is 1.00 e. The summed E-state index contributed by atoms with van der Waals surface area (Å²) < 4.78 is 0. The molecular weight excluding hydrogens is 428 g/mol. The molecule has 0 aliphatic rings. The standard InChI is InChI=1S/C10H23ClSi.C10H23Si.CH4.ClH.2Mg.2H/c1-8(2)12(7-11,9(3)4)10(5)6;1-8(2)11(7,9(3)4)10(5)6;;;;;;/h8-10H,7H2,1-6H3;8-10H,7H2,1-6H3;1H4;1H;;;;/q;-1;;;2*+2;2*-1/p-1. The van der Waals surface area contributed by atoms with Gasteiger partial charge in [-0.3, -0.25) is 0 Å². The zero-order valence-electron chi connectivity index (χ0n) is 22.0. The quantitative estimate of drug-likeness (QED) is 0.254. The van der Waals surface area contributed by atoms with E-state index in [0.29, 0.717) is 0 Å². The van der Waals surface area contributed by atoms with Crippen LogP contribution in [0.4, 0.5) is 0 Å². The molecule has 0 spiro atoms. The van der Waals surface area contributed by atoms with Gasteiger partial charge in [0.05, 0.1) is 8.07 Å². The number of hydrogen-bond acceptors (Lipinski definition) is 0. The van der Waals surface area contributed by atoms with Gasteiger partial charge in [-0.05, 0) is 16.6 Å². The van der Waals surface area contributed by atoms with Crippen LogP contribution in [-0.2, 0) is 0 Å². The molecule has 0 nitrogen and oxygen atoms in total. The zero-order valence-corrected chi connectivity index (χ0v) is 26.4. The van der Waals surface area contributed by atoms with Gasteiger partial charge in [-0.1, -0.05) is 115 Å². The Morgan fingerprint density at radius 1 is 0.630 bits per heavy atom. The van der Waals surface area contributed by atoms with E-state index < -0.39 is 16.1 Å². The summed E-state index contributed by atoms with van der Waals surface area (Å²) in [6.07, 6.45) is 0. The van der Waals surface area contributed by atoms with Crippen LogP contribution < -0.4 is 12.4 Å². The molecule has 0 aromatic heterocycles. The molecule has 0 saturated carbocycles. The Labute approximate surface area is 223 Å². The van der Waals surface area contributed by atoms with Gasteiger partial charge in [-0.25, -0.2) is 0 Å². The van der Waals surface area contributed by atoms with Crippen LogP contribution in [-0.4, -0.2) is 67.8 Å². The Morgan fingerprint density at radius 3 is 0.815 bits per heavy atom. The fraction of sp³-hybridized carbons (Fsp3) is 0.952. The minimum absolute atomic E-state index is 0. The molecule has 0 aliphatic heterocycles. The van der Waals surface area contributed by atoms with Crippen LogP contribution in [0.25, 0.3) is 0 Å². The first-order valence-electron chi connectivity index (χ1n) is 9.63. The van der Waals surface area contributed by atoms with E-state index >= 15 is 0 Å². The Bertz CT molecular complexity index is 288. The van der Waals surface area contributed by atoms with Crippen molar-refractivity contribution in [2.24, 2.45) is 0 Å². The predicted molar refractivity (Wildman–Crippen MR) is 139 cm³/mol. The van der Waals surface area contributed by atoms with Crippen LogP contribution in [0.3, 0.4) is 0 Å². The molecule has 0 radical (unpaired) electrons. The van der Waals surface area contributed by atoms with E-state index in [-0.39, 0.29) is 68.8 Å². The Kier molecular flexibility index (Phi) is 31.0. The maximum absolute atomic E-state index is 6.17. The molecule has 6 heteroatoms. The van der Waals surface area contributed by atoms with Crippen LogP contribution in [0, 0.1) is 6.55 Å². The number of alkyl halides is 1. The largest absolute Gasteiger partial charge is 2.00 e. The summed E-state index contributed by atoms with van der Waals surface area (Å²) in [5, 5.41) is 0. The molecule has 0 rings (SSSR count). The van der Waals surface area contributed by atoms with Crippen molar-refractivity contribution in [2.45, 2.75) is 124 Å². The van der Waals surface area contributed by atoms with Crippen molar-refractivity contribution in [3.63, 3.8) is 0 Å². The summed E-state index contributed by atoms with van der Waals surface area (Å²) in [6, 6.07) is 0. The van der Waals surface area contributed by atoms with E-state index in [4.69, 9.17) is 11.6 Å². The van der Waals surface area contributed by atoms with E-state index in [9.17, 15) is 0 Å². The molecule has 0 aromatic carbocycles. The van der Waals surface area contributed by atoms with E-state index in [1.54, 1.807) is 0 Å². The van der Waals surface area contributed by atoms with Gasteiger partial charge in [0, 0.05) is 5.50 Å². The maximum atomic E-state index is 6.17. The fourth-order valence-corrected chi connectivity index (χ4v) is 16.2. The summed E-state index contributed by atoms with van der Waals surface area (Å²) in [5.41, 5.74) is 5.74. The van der Waals surface area contributed by atoms with E-state index in [0.717, 1.165) is 38.8 Å². The molecule has 0 bridgehead atoms. The molecule has 0 aliphatic carbocycles. The molecule has 162 valence electrons. The van der Waals surface area contributed by atoms with Crippen LogP contribution in [0.2, 0.25) is 33.2 Å². The molecule has 0 heterocycles. The second kappa shape index (κ2) is 19.2. The minimum Gasteiger partial charge on any atom is -1.00 e. The van der Waals surface area contributed by atoms with Gasteiger partial charge in [0.15, 0.2) is 0 Å². The molecule has 0 saturated heterocycles. The minimum atomic E-state index is -1.24. The molecular formula is C21H52Cl2Mg2Si2. The van der Waals surface area contributed by atoms with Crippen LogP contribution >= 0.6 is 11.6 Å². The first kappa shape index (κ1) is 43.4. The number of rotatable bonds is 7. The van der Waals surface area contributed by atoms with E-state index in [1.165, 1.54) is 0 Å². The van der Waals surface area contributed by atoms with Crippen molar-refractivity contribution < 1.29 is 15.3 Å². The van der Waals surface area contributed by atoms with Crippen LogP contribution in [0.15, 0.2) is 0 Å². The average molecular weight is 480 g/mol. The summed E-state index contributed by atoms with van der Waals surface area (Å²) in [7, 11) is -2.47. The second-order valence-electron chi connectivity index (χ2n) is 9.29. The Balaban J connectivity index is -0.0000000421. The number of hydrogen-bond donors (Lipinski definition) is 0. The molecule has 0 atom stereocenters. The summed E-state index contributed by atoms with van der Waals surface area (Å²) >= 11 is 6.17. The van der Waals surface area contributed by atoms with Gasteiger partial charge in [-0.2, -0.15) is 0 Å². The van der Waals surface area contributed by atoms with Crippen molar-refractivity contribution in [2.75, 3.05) is 5.50 Å². The van der Waals surface area contributed by atoms with Crippen molar-refractivity contribution in [3.8, 4) is 0 Å². The first-order chi connectivity index (χ1) is 10.2. The maximum Gasteiger partial charge on any atom is 2.00 e. The summed E-state index contributed by atoms with van der Waals surface area (Å²) in [5.74, 6) is 0. The fourth-order valence-electron chi connectivity index (χ4n) is 4.46. The molecule has 0 unspecified atom stereocenters. The van der Waals surface area contributed by atoms with Gasteiger partial charge in [-0.15, -0.1) is 11.6 Å². The first-order valence-corrected chi connectivity index (χ1v) is 15.0. The third-order valence-corrected chi connectivity index (χ3v) is 21.4. The van der Waals surface area contributed by atoms with E-state index in [1.807, 2.05) is 0 Å². The Hall–Kier alpha value is 2.55. The Morgan fingerprint density at radius 2 is 0.815 bits per heavy atom. The normalized spacial score (nSPS) is 11.6. The van der Waals surface area contributed by atoms with Crippen LogP contribution in [0.1, 0.15) is 93.4 Å². The predicted octanol–water partition coefficient (Wildman–Crippen LogP) is 5.59. The molecule has 0 N–H and O–H groups in total. The van der Waals surface area contributed by atoms with Gasteiger partial charge in [0.25, 0.3) is 0 Å². The second-order valence-corrected chi connectivity index (χ2v) is 21.7. The molecule has 0 amide bonds.